The first-order valence-corrected chi connectivity index (χ1v) is 8.82. The standard InChI is InChI=1S/C18H18BrN3O4/c1-25-18(24)13-10-14(19)21-16(15(13)20)11-2-4-12(5-3-11)17(23)22-6-8-26-9-7-22/h2-5,10H,6-9,20H2,1H3. The average Bonchev–Trinajstić information content (AvgIpc) is 2.69. The summed E-state index contributed by atoms with van der Waals surface area (Å²) in [6.45, 7) is 2.28. The Morgan fingerprint density at radius 2 is 1.88 bits per heavy atom. The van der Waals surface area contributed by atoms with Crippen LogP contribution in [0, 0.1) is 0 Å². The predicted octanol–water partition coefficient (Wildman–Crippen LogP) is 2.35. The lowest BCUT2D eigenvalue weighted by Gasteiger charge is -2.26. The Morgan fingerprint density at radius 1 is 1.23 bits per heavy atom. The third kappa shape index (κ3) is 3.71. The van der Waals surface area contributed by atoms with E-state index in [4.69, 9.17) is 15.2 Å². The summed E-state index contributed by atoms with van der Waals surface area (Å²) in [6, 6.07) is 8.50. The Hall–Kier alpha value is -2.45. The minimum atomic E-state index is -0.536. The quantitative estimate of drug-likeness (QED) is 0.605. The summed E-state index contributed by atoms with van der Waals surface area (Å²) < 4.78 is 10.5. The van der Waals surface area contributed by atoms with Crippen molar-refractivity contribution in [3.8, 4) is 11.3 Å². The molecule has 136 valence electrons. The number of pyridine rings is 1. The third-order valence-corrected chi connectivity index (χ3v) is 4.54. The van der Waals surface area contributed by atoms with Crippen LogP contribution in [0.3, 0.4) is 0 Å². The number of aromatic nitrogens is 1. The molecular formula is C18H18BrN3O4. The zero-order valence-electron chi connectivity index (χ0n) is 14.2. The summed E-state index contributed by atoms with van der Waals surface area (Å²) >= 11 is 3.28. The maximum absolute atomic E-state index is 12.5. The summed E-state index contributed by atoms with van der Waals surface area (Å²) in [4.78, 5) is 30.5. The lowest BCUT2D eigenvalue weighted by atomic mass is 10.0. The maximum Gasteiger partial charge on any atom is 0.340 e. The second-order valence-corrected chi connectivity index (χ2v) is 6.54. The number of amides is 1. The average molecular weight is 420 g/mol. The van der Waals surface area contributed by atoms with Crippen LogP contribution in [0.2, 0.25) is 0 Å². The molecule has 1 fully saturated rings. The van der Waals surface area contributed by atoms with Crippen molar-refractivity contribution in [3.63, 3.8) is 0 Å². The van der Waals surface area contributed by atoms with Gasteiger partial charge < -0.3 is 20.1 Å². The summed E-state index contributed by atoms with van der Waals surface area (Å²) in [5, 5.41) is 0. The first-order chi connectivity index (χ1) is 12.5. The van der Waals surface area contributed by atoms with Gasteiger partial charge in [-0.25, -0.2) is 9.78 Å². The molecule has 0 spiro atoms. The van der Waals surface area contributed by atoms with Crippen LogP contribution in [0.15, 0.2) is 34.9 Å². The van der Waals surface area contributed by atoms with Gasteiger partial charge in [0.25, 0.3) is 5.91 Å². The molecular weight excluding hydrogens is 402 g/mol. The molecule has 0 aliphatic carbocycles. The van der Waals surface area contributed by atoms with Crippen LogP contribution in [-0.4, -0.2) is 55.2 Å². The molecule has 0 bridgehead atoms. The van der Waals surface area contributed by atoms with Gasteiger partial charge in [0, 0.05) is 24.2 Å². The molecule has 1 aromatic carbocycles. The van der Waals surface area contributed by atoms with E-state index >= 15 is 0 Å². The minimum absolute atomic E-state index is 0.0368. The number of carbonyl (C=O) groups is 2. The Kier molecular flexibility index (Phi) is 5.53. The van der Waals surface area contributed by atoms with Crippen LogP contribution in [0.5, 0.6) is 0 Å². The molecule has 1 amide bonds. The fourth-order valence-electron chi connectivity index (χ4n) is 2.74. The molecule has 2 N–H and O–H groups in total. The molecule has 8 heteroatoms. The van der Waals surface area contributed by atoms with Crippen molar-refractivity contribution in [1.82, 2.24) is 9.88 Å². The molecule has 7 nitrogen and oxygen atoms in total. The van der Waals surface area contributed by atoms with Crippen LogP contribution >= 0.6 is 15.9 Å². The predicted molar refractivity (Wildman–Crippen MR) is 99.8 cm³/mol. The smallest absolute Gasteiger partial charge is 0.340 e. The monoisotopic (exact) mass is 419 g/mol. The number of halogens is 1. The van der Waals surface area contributed by atoms with E-state index in [1.54, 1.807) is 29.2 Å². The van der Waals surface area contributed by atoms with Crippen molar-refractivity contribution >= 4 is 33.5 Å². The van der Waals surface area contributed by atoms with E-state index in [0.29, 0.717) is 47.7 Å². The molecule has 2 heterocycles. The van der Waals surface area contributed by atoms with Gasteiger partial charge in [0.15, 0.2) is 0 Å². The first kappa shape index (κ1) is 18.3. The van der Waals surface area contributed by atoms with Crippen molar-refractivity contribution in [3.05, 3.63) is 46.1 Å². The van der Waals surface area contributed by atoms with E-state index < -0.39 is 5.97 Å². The number of carbonyl (C=O) groups excluding carboxylic acids is 2. The SMILES string of the molecule is COC(=O)c1cc(Br)nc(-c2ccc(C(=O)N3CCOCC3)cc2)c1N. The van der Waals surface area contributed by atoms with Crippen LogP contribution in [0.1, 0.15) is 20.7 Å². The van der Waals surface area contributed by atoms with Crippen LogP contribution in [0.4, 0.5) is 5.69 Å². The van der Waals surface area contributed by atoms with Crippen LogP contribution in [-0.2, 0) is 9.47 Å². The van der Waals surface area contributed by atoms with Crippen molar-refractivity contribution in [1.29, 1.82) is 0 Å². The van der Waals surface area contributed by atoms with Gasteiger partial charge in [0.05, 0.1) is 37.3 Å². The molecule has 26 heavy (non-hydrogen) atoms. The summed E-state index contributed by atoms with van der Waals surface area (Å²) in [7, 11) is 1.29. The number of hydrogen-bond donors (Lipinski definition) is 1. The normalized spacial score (nSPS) is 14.2. The van der Waals surface area contributed by atoms with E-state index in [9.17, 15) is 9.59 Å². The highest BCUT2D eigenvalue weighted by Gasteiger charge is 2.20. The maximum atomic E-state index is 12.5. The molecule has 0 unspecified atom stereocenters. The van der Waals surface area contributed by atoms with Crippen LogP contribution in [0.25, 0.3) is 11.3 Å². The number of methoxy groups -OCH3 is 1. The number of morpholine rings is 1. The van der Waals surface area contributed by atoms with Gasteiger partial charge in [-0.15, -0.1) is 0 Å². The second-order valence-electron chi connectivity index (χ2n) is 5.73. The highest BCUT2D eigenvalue weighted by molar-refractivity contribution is 9.10. The summed E-state index contributed by atoms with van der Waals surface area (Å²) in [5.41, 5.74) is 8.30. The molecule has 2 aromatic rings. The van der Waals surface area contributed by atoms with E-state index in [-0.39, 0.29) is 17.2 Å². The fraction of sp³-hybridized carbons (Fsp3) is 0.278. The van der Waals surface area contributed by atoms with Gasteiger partial charge in [-0.3, -0.25) is 4.79 Å². The van der Waals surface area contributed by atoms with Crippen molar-refractivity contribution < 1.29 is 19.1 Å². The number of nitrogen functional groups attached to an aromatic ring is 1. The molecule has 1 aliphatic rings. The zero-order chi connectivity index (χ0) is 18.7. The molecule has 1 aromatic heterocycles. The van der Waals surface area contributed by atoms with E-state index in [2.05, 4.69) is 20.9 Å². The van der Waals surface area contributed by atoms with Crippen LogP contribution < -0.4 is 5.73 Å². The number of nitrogens with two attached hydrogens (primary N) is 1. The topological polar surface area (TPSA) is 94.8 Å². The summed E-state index contributed by atoms with van der Waals surface area (Å²) in [5.74, 6) is -0.573. The first-order valence-electron chi connectivity index (χ1n) is 8.03. The molecule has 3 rings (SSSR count). The minimum Gasteiger partial charge on any atom is -0.465 e. The van der Waals surface area contributed by atoms with E-state index in [1.807, 2.05) is 0 Å². The highest BCUT2D eigenvalue weighted by Crippen LogP contribution is 2.30. The number of esters is 1. The number of ether oxygens (including phenoxy) is 2. The van der Waals surface area contributed by atoms with Gasteiger partial charge in [-0.05, 0) is 34.1 Å². The fourth-order valence-corrected chi connectivity index (χ4v) is 3.15. The largest absolute Gasteiger partial charge is 0.465 e. The molecule has 0 radical (unpaired) electrons. The number of nitrogens with zero attached hydrogens (tertiary/aromatic N) is 2. The number of anilines is 1. The van der Waals surface area contributed by atoms with E-state index in [1.165, 1.54) is 13.2 Å². The van der Waals surface area contributed by atoms with Crippen molar-refractivity contribution in [2.45, 2.75) is 0 Å². The molecule has 1 saturated heterocycles. The second kappa shape index (κ2) is 7.84. The number of hydrogen-bond acceptors (Lipinski definition) is 6. The molecule has 1 aliphatic heterocycles. The van der Waals surface area contributed by atoms with Gasteiger partial charge >= 0.3 is 5.97 Å². The lowest BCUT2D eigenvalue weighted by Crippen LogP contribution is -2.40. The number of rotatable bonds is 3. The molecule has 0 saturated carbocycles. The zero-order valence-corrected chi connectivity index (χ0v) is 15.8. The van der Waals surface area contributed by atoms with Gasteiger partial charge in [0.1, 0.15) is 4.60 Å². The Labute approximate surface area is 159 Å². The van der Waals surface area contributed by atoms with Gasteiger partial charge in [-0.2, -0.15) is 0 Å². The summed E-state index contributed by atoms with van der Waals surface area (Å²) in [6.07, 6.45) is 0. The lowest BCUT2D eigenvalue weighted by molar-refractivity contribution is 0.0303. The number of benzene rings is 1. The highest BCUT2D eigenvalue weighted by atomic mass is 79.9. The third-order valence-electron chi connectivity index (χ3n) is 4.14. The van der Waals surface area contributed by atoms with Crippen molar-refractivity contribution in [2.24, 2.45) is 0 Å². The Morgan fingerprint density at radius 3 is 2.50 bits per heavy atom. The van der Waals surface area contributed by atoms with Crippen molar-refractivity contribution in [2.75, 3.05) is 39.1 Å². The Balaban J connectivity index is 1.90. The Bertz CT molecular complexity index is 833. The van der Waals surface area contributed by atoms with E-state index in [0.717, 1.165) is 0 Å². The van der Waals surface area contributed by atoms with Gasteiger partial charge in [-0.1, -0.05) is 12.1 Å². The van der Waals surface area contributed by atoms with Gasteiger partial charge in [0.2, 0.25) is 0 Å². The molecule has 0 atom stereocenters.